The smallest absolute Gasteiger partial charge is 0.272 e. The van der Waals surface area contributed by atoms with E-state index >= 15 is 0 Å². The molecule has 0 aliphatic carbocycles. The van der Waals surface area contributed by atoms with Crippen molar-refractivity contribution in [3.05, 3.63) is 46.0 Å². The highest BCUT2D eigenvalue weighted by molar-refractivity contribution is 6.25. The van der Waals surface area contributed by atoms with E-state index < -0.39 is 0 Å². The summed E-state index contributed by atoms with van der Waals surface area (Å²) < 4.78 is 0. The van der Waals surface area contributed by atoms with Crippen molar-refractivity contribution in [3.63, 3.8) is 0 Å². The van der Waals surface area contributed by atoms with Gasteiger partial charge in [0.15, 0.2) is 0 Å². The molecule has 0 saturated carbocycles. The Labute approximate surface area is 127 Å². The fourth-order valence-electron chi connectivity index (χ4n) is 2.61. The van der Waals surface area contributed by atoms with Gasteiger partial charge in [0.1, 0.15) is 0 Å². The van der Waals surface area contributed by atoms with E-state index in [4.69, 9.17) is 11.5 Å². The SMILES string of the molecule is N/C=C(\C1=NCCNC1)c1ccc2c(=O)[nH]nc(CN)c2c1. The highest BCUT2D eigenvalue weighted by Crippen LogP contribution is 2.22. The lowest BCUT2D eigenvalue weighted by atomic mass is 9.98. The van der Waals surface area contributed by atoms with E-state index in [0.29, 0.717) is 17.6 Å². The molecule has 1 aromatic heterocycles. The number of aromatic amines is 1. The number of aromatic nitrogens is 2. The van der Waals surface area contributed by atoms with Crippen LogP contribution in [0.5, 0.6) is 0 Å². The molecular formula is C15H18N6O. The Morgan fingerprint density at radius 3 is 2.91 bits per heavy atom. The molecule has 114 valence electrons. The molecule has 3 rings (SSSR count). The number of fused-ring (bicyclic) bond motifs is 1. The molecule has 0 saturated heterocycles. The maximum atomic E-state index is 11.9. The van der Waals surface area contributed by atoms with Gasteiger partial charge in [0.05, 0.1) is 23.3 Å². The predicted molar refractivity (Wildman–Crippen MR) is 87.6 cm³/mol. The van der Waals surface area contributed by atoms with Gasteiger partial charge in [0, 0.05) is 36.8 Å². The van der Waals surface area contributed by atoms with E-state index in [0.717, 1.165) is 35.3 Å². The van der Waals surface area contributed by atoms with Gasteiger partial charge in [-0.3, -0.25) is 9.79 Å². The molecule has 0 radical (unpaired) electrons. The zero-order chi connectivity index (χ0) is 15.5. The van der Waals surface area contributed by atoms with Crippen molar-refractivity contribution in [3.8, 4) is 0 Å². The van der Waals surface area contributed by atoms with E-state index in [1.165, 1.54) is 0 Å². The Morgan fingerprint density at radius 2 is 2.23 bits per heavy atom. The normalized spacial score (nSPS) is 15.9. The molecule has 7 nitrogen and oxygen atoms in total. The first-order valence-electron chi connectivity index (χ1n) is 7.12. The second-order valence-electron chi connectivity index (χ2n) is 5.05. The van der Waals surface area contributed by atoms with Crippen LogP contribution in [0.1, 0.15) is 11.3 Å². The Kier molecular flexibility index (Phi) is 3.99. The van der Waals surface area contributed by atoms with E-state index in [1.807, 2.05) is 12.1 Å². The lowest BCUT2D eigenvalue weighted by Gasteiger charge is -2.16. The van der Waals surface area contributed by atoms with Gasteiger partial charge < -0.3 is 16.8 Å². The molecule has 2 heterocycles. The zero-order valence-electron chi connectivity index (χ0n) is 12.1. The molecule has 7 heteroatoms. The summed E-state index contributed by atoms with van der Waals surface area (Å²) >= 11 is 0. The minimum Gasteiger partial charge on any atom is -0.404 e. The lowest BCUT2D eigenvalue weighted by molar-refractivity contribution is 0.739. The van der Waals surface area contributed by atoms with Crippen molar-refractivity contribution >= 4 is 22.1 Å². The Hall–Kier alpha value is -2.51. The van der Waals surface area contributed by atoms with Crippen LogP contribution in [0.25, 0.3) is 16.3 Å². The third-order valence-electron chi connectivity index (χ3n) is 3.73. The number of hydrogen-bond acceptors (Lipinski definition) is 6. The maximum Gasteiger partial charge on any atom is 0.272 e. The summed E-state index contributed by atoms with van der Waals surface area (Å²) in [5.41, 5.74) is 14.6. The van der Waals surface area contributed by atoms with Crippen LogP contribution in [0.4, 0.5) is 0 Å². The lowest BCUT2D eigenvalue weighted by Crippen LogP contribution is -2.31. The summed E-state index contributed by atoms with van der Waals surface area (Å²) in [6, 6.07) is 5.54. The minimum atomic E-state index is -0.228. The number of aliphatic imine (C=N–C) groups is 1. The first-order valence-corrected chi connectivity index (χ1v) is 7.12. The molecule has 0 unspecified atom stereocenters. The van der Waals surface area contributed by atoms with E-state index in [2.05, 4.69) is 20.5 Å². The maximum absolute atomic E-state index is 11.9. The molecule has 1 aliphatic heterocycles. The number of nitrogens with zero attached hydrogens (tertiary/aromatic N) is 2. The standard InChI is InChI=1S/C15H18N6O/c16-6-12(14-8-18-3-4-19-14)9-1-2-10-11(5-9)13(7-17)20-21-15(10)22/h1-2,5-6,18H,3-4,7-8,16-17H2,(H,21,22)/b12-6-. The monoisotopic (exact) mass is 298 g/mol. The van der Waals surface area contributed by atoms with Crippen molar-refractivity contribution in [2.45, 2.75) is 6.54 Å². The van der Waals surface area contributed by atoms with Crippen LogP contribution in [0.15, 0.2) is 34.2 Å². The predicted octanol–water partition coefficient (Wildman–Crippen LogP) is -0.274. The van der Waals surface area contributed by atoms with Gasteiger partial charge in [-0.15, -0.1) is 0 Å². The molecule has 0 atom stereocenters. The zero-order valence-corrected chi connectivity index (χ0v) is 12.1. The molecular weight excluding hydrogens is 280 g/mol. The molecule has 2 aromatic rings. The third-order valence-corrected chi connectivity index (χ3v) is 3.73. The van der Waals surface area contributed by atoms with Gasteiger partial charge in [0.25, 0.3) is 5.56 Å². The molecule has 1 aromatic carbocycles. The molecule has 22 heavy (non-hydrogen) atoms. The summed E-state index contributed by atoms with van der Waals surface area (Å²) in [6.45, 7) is 2.53. The molecule has 0 spiro atoms. The molecule has 0 fully saturated rings. The van der Waals surface area contributed by atoms with Crippen LogP contribution in [0.3, 0.4) is 0 Å². The van der Waals surface area contributed by atoms with Crippen LogP contribution in [-0.2, 0) is 6.54 Å². The molecule has 0 amide bonds. The summed E-state index contributed by atoms with van der Waals surface area (Å²) in [5.74, 6) is 0. The van der Waals surface area contributed by atoms with Crippen LogP contribution < -0.4 is 22.3 Å². The number of H-pyrrole nitrogens is 1. The minimum absolute atomic E-state index is 0.228. The fraction of sp³-hybridized carbons (Fsp3) is 0.267. The van der Waals surface area contributed by atoms with Crippen molar-refractivity contribution in [2.24, 2.45) is 16.5 Å². The first-order chi connectivity index (χ1) is 10.7. The second-order valence-corrected chi connectivity index (χ2v) is 5.05. The van der Waals surface area contributed by atoms with Crippen LogP contribution >= 0.6 is 0 Å². The number of rotatable bonds is 3. The summed E-state index contributed by atoms with van der Waals surface area (Å²) in [4.78, 5) is 16.4. The van der Waals surface area contributed by atoms with Crippen molar-refractivity contribution in [2.75, 3.05) is 19.6 Å². The van der Waals surface area contributed by atoms with Crippen molar-refractivity contribution in [1.29, 1.82) is 0 Å². The quantitative estimate of drug-likeness (QED) is 0.621. The van der Waals surface area contributed by atoms with Crippen LogP contribution in [0, 0.1) is 0 Å². The topological polar surface area (TPSA) is 122 Å². The Bertz CT molecular complexity index is 820. The van der Waals surface area contributed by atoms with E-state index in [9.17, 15) is 4.79 Å². The highest BCUT2D eigenvalue weighted by atomic mass is 16.1. The fourth-order valence-corrected chi connectivity index (χ4v) is 2.61. The van der Waals surface area contributed by atoms with E-state index in [1.54, 1.807) is 12.3 Å². The molecule has 6 N–H and O–H groups in total. The Balaban J connectivity index is 2.15. The second kappa shape index (κ2) is 6.08. The van der Waals surface area contributed by atoms with Crippen molar-refractivity contribution < 1.29 is 0 Å². The summed E-state index contributed by atoms with van der Waals surface area (Å²) in [7, 11) is 0. The van der Waals surface area contributed by atoms with Crippen LogP contribution in [0.2, 0.25) is 0 Å². The van der Waals surface area contributed by atoms with Crippen molar-refractivity contribution in [1.82, 2.24) is 15.5 Å². The average molecular weight is 298 g/mol. The van der Waals surface area contributed by atoms with Gasteiger partial charge in [-0.25, -0.2) is 5.10 Å². The van der Waals surface area contributed by atoms with Gasteiger partial charge >= 0.3 is 0 Å². The van der Waals surface area contributed by atoms with Gasteiger partial charge in [-0.1, -0.05) is 6.07 Å². The van der Waals surface area contributed by atoms with Gasteiger partial charge in [-0.05, 0) is 17.7 Å². The van der Waals surface area contributed by atoms with Gasteiger partial charge in [0.2, 0.25) is 0 Å². The number of hydrogen-bond donors (Lipinski definition) is 4. The molecule has 1 aliphatic rings. The number of nitrogens with two attached hydrogens (primary N) is 2. The highest BCUT2D eigenvalue weighted by Gasteiger charge is 2.14. The van der Waals surface area contributed by atoms with Gasteiger partial charge in [-0.2, -0.15) is 5.10 Å². The number of benzene rings is 1. The third kappa shape index (κ3) is 2.51. The largest absolute Gasteiger partial charge is 0.404 e. The summed E-state index contributed by atoms with van der Waals surface area (Å²) in [6.07, 6.45) is 1.55. The first kappa shape index (κ1) is 14.4. The Morgan fingerprint density at radius 1 is 1.36 bits per heavy atom. The summed E-state index contributed by atoms with van der Waals surface area (Å²) in [5, 5.41) is 11.1. The molecule has 0 bridgehead atoms. The number of nitrogens with one attached hydrogen (secondary N) is 2. The average Bonchev–Trinajstić information content (AvgIpc) is 2.57. The van der Waals surface area contributed by atoms with E-state index in [-0.39, 0.29) is 12.1 Å². The van der Waals surface area contributed by atoms with Crippen LogP contribution in [-0.4, -0.2) is 35.5 Å².